The molecule has 0 spiro atoms. The second-order valence-electron chi connectivity index (χ2n) is 20.6. The minimum Gasteiger partial charge on any atom is -0.391 e. The summed E-state index contributed by atoms with van der Waals surface area (Å²) in [7, 11) is 1.60. The molecule has 8 nitrogen and oxygen atoms in total. The van der Waals surface area contributed by atoms with Crippen LogP contribution in [0.15, 0.2) is 36.5 Å². The zero-order valence-electron chi connectivity index (χ0n) is 44.4. The number of nitrogens with one attached hydrogen (secondary N) is 1. The molecule has 0 saturated carbocycles. The predicted octanol–water partition coefficient (Wildman–Crippen LogP) is 17.0. The van der Waals surface area contributed by atoms with Crippen molar-refractivity contribution in [3.8, 4) is 0 Å². The van der Waals surface area contributed by atoms with Crippen molar-refractivity contribution in [1.82, 2.24) is 5.32 Å². The molecule has 0 aromatic rings. The molecule has 0 fully saturated rings. The van der Waals surface area contributed by atoms with Gasteiger partial charge in [0.15, 0.2) is 0 Å². The fourth-order valence-electron chi connectivity index (χ4n) is 8.48. The number of rotatable bonds is 52. The van der Waals surface area contributed by atoms with Gasteiger partial charge in [-0.25, -0.2) is 4.57 Å². The number of nitrogens with zero attached hydrogens (tertiary/aromatic N) is 1. The molecule has 3 N–H and O–H groups in total. The number of allylic oxidation sites excluding steroid dienone is 6. The summed E-state index contributed by atoms with van der Waals surface area (Å²) < 4.78 is 23.7. The first-order valence-corrected chi connectivity index (χ1v) is 29.8. The van der Waals surface area contributed by atoms with Gasteiger partial charge >= 0.3 is 7.82 Å². The number of unbranched alkanes of at least 4 members (excludes halogenated alkanes) is 33. The monoisotopic (exact) mass is 952 g/mol. The van der Waals surface area contributed by atoms with E-state index in [1.807, 2.05) is 21.1 Å². The molecule has 0 aliphatic heterocycles. The van der Waals surface area contributed by atoms with E-state index in [4.69, 9.17) is 9.05 Å². The molecule has 66 heavy (non-hydrogen) atoms. The van der Waals surface area contributed by atoms with E-state index in [2.05, 4.69) is 55.6 Å². The third-order valence-corrected chi connectivity index (χ3v) is 13.9. The minimum absolute atomic E-state index is 0.0685. The van der Waals surface area contributed by atoms with Gasteiger partial charge in [0, 0.05) is 6.42 Å². The fourth-order valence-corrected chi connectivity index (χ4v) is 9.21. The molecular weight excluding hydrogens is 840 g/mol. The van der Waals surface area contributed by atoms with Crippen molar-refractivity contribution in [1.29, 1.82) is 0 Å². The molecular formula is C57H112N2O6P+. The largest absolute Gasteiger partial charge is 0.472 e. The van der Waals surface area contributed by atoms with Crippen molar-refractivity contribution >= 4 is 13.7 Å². The van der Waals surface area contributed by atoms with E-state index in [1.165, 1.54) is 180 Å². The number of aliphatic hydroxyl groups is 1. The number of amides is 1. The summed E-state index contributed by atoms with van der Waals surface area (Å²) in [5, 5.41) is 14.0. The van der Waals surface area contributed by atoms with Crippen LogP contribution in [-0.2, 0) is 18.4 Å². The molecule has 0 aliphatic rings. The Morgan fingerprint density at radius 1 is 0.530 bits per heavy atom. The first-order chi connectivity index (χ1) is 32.0. The van der Waals surface area contributed by atoms with Crippen LogP contribution in [0.4, 0.5) is 0 Å². The van der Waals surface area contributed by atoms with Crippen LogP contribution in [0.5, 0.6) is 0 Å². The number of hydrogen-bond donors (Lipinski definition) is 3. The fraction of sp³-hybridized carbons (Fsp3) is 0.877. The molecule has 0 rings (SSSR count). The van der Waals surface area contributed by atoms with Crippen LogP contribution in [-0.4, -0.2) is 73.4 Å². The average Bonchev–Trinajstić information content (AvgIpc) is 3.28. The first kappa shape index (κ1) is 64.7. The van der Waals surface area contributed by atoms with Crippen LogP contribution in [0.3, 0.4) is 0 Å². The molecule has 3 unspecified atom stereocenters. The number of phosphoric ester groups is 1. The molecule has 0 aliphatic carbocycles. The Kier molecular flexibility index (Phi) is 47.8. The normalized spacial score (nSPS) is 14.2. The summed E-state index contributed by atoms with van der Waals surface area (Å²) in [6, 6.07) is -0.776. The van der Waals surface area contributed by atoms with E-state index < -0.39 is 20.0 Å². The van der Waals surface area contributed by atoms with E-state index in [0.717, 1.165) is 64.2 Å². The summed E-state index contributed by atoms with van der Waals surface area (Å²) >= 11 is 0. The van der Waals surface area contributed by atoms with Crippen LogP contribution >= 0.6 is 7.82 Å². The average molecular weight is 953 g/mol. The van der Waals surface area contributed by atoms with E-state index in [0.29, 0.717) is 23.9 Å². The lowest BCUT2D eigenvalue weighted by atomic mass is 10.0. The number of phosphoric acid groups is 1. The van der Waals surface area contributed by atoms with Crippen LogP contribution < -0.4 is 5.32 Å². The Labute approximate surface area is 410 Å². The summed E-state index contributed by atoms with van der Waals surface area (Å²) in [5.74, 6) is -0.171. The second-order valence-corrected chi connectivity index (χ2v) is 22.1. The zero-order valence-corrected chi connectivity index (χ0v) is 45.3. The van der Waals surface area contributed by atoms with Gasteiger partial charge < -0.3 is 19.8 Å². The van der Waals surface area contributed by atoms with Crippen molar-refractivity contribution in [3.63, 3.8) is 0 Å². The number of quaternary nitrogens is 1. The van der Waals surface area contributed by atoms with Crippen LogP contribution in [0.2, 0.25) is 0 Å². The van der Waals surface area contributed by atoms with E-state index in [1.54, 1.807) is 0 Å². The maximum atomic E-state index is 12.9. The van der Waals surface area contributed by atoms with Crippen LogP contribution in [0.25, 0.3) is 0 Å². The standard InChI is InChI=1S/C57H111N2O6P/c1-6-8-10-12-14-16-18-20-21-22-23-24-25-26-27-28-29-30-31-32-33-34-35-36-37-39-40-42-44-46-48-50-56(60)55(54-65-66(62,63)64-53-52-59(3,4)5)58-57(61)51-49-47-45-43-41-38-19-17-15-13-11-9-7-2/h9,11,15,17,38,41,55-56,60H,6-8,10,12-14,16,18-37,39-40,42-54H2,1-5H3,(H-,58,61,62,63)/p+1/b11-9-,17-15-,41-38-. The Morgan fingerprint density at radius 2 is 0.909 bits per heavy atom. The number of hydrogen-bond acceptors (Lipinski definition) is 5. The SMILES string of the molecule is CC/C=C\C/C=C\C/C=C\CCCCCC(=O)NC(COP(=O)(O)OCC[N+](C)(C)C)C(O)CCCCCCCCCCCCCCCCCCCCCCCCCCCCCCCCC. The van der Waals surface area contributed by atoms with Crippen molar-refractivity contribution in [3.05, 3.63) is 36.5 Å². The van der Waals surface area contributed by atoms with Crippen molar-refractivity contribution in [2.75, 3.05) is 40.9 Å². The van der Waals surface area contributed by atoms with Gasteiger partial charge in [-0.2, -0.15) is 0 Å². The van der Waals surface area contributed by atoms with Gasteiger partial charge in [-0.3, -0.25) is 13.8 Å². The lowest BCUT2D eigenvalue weighted by Crippen LogP contribution is -2.46. The number of likely N-dealkylation sites (N-methyl/N-ethyl adjacent to an activating group) is 1. The third-order valence-electron chi connectivity index (χ3n) is 12.9. The van der Waals surface area contributed by atoms with E-state index in [-0.39, 0.29) is 19.1 Å². The number of aliphatic hydroxyl groups excluding tert-OH is 1. The molecule has 0 aromatic carbocycles. The molecule has 390 valence electrons. The zero-order chi connectivity index (χ0) is 48.5. The van der Waals surface area contributed by atoms with Gasteiger partial charge in [0.2, 0.25) is 5.91 Å². The highest BCUT2D eigenvalue weighted by atomic mass is 31.2. The van der Waals surface area contributed by atoms with E-state index >= 15 is 0 Å². The number of carbonyl (C=O) groups is 1. The van der Waals surface area contributed by atoms with Crippen molar-refractivity contribution < 1.29 is 32.9 Å². The summed E-state index contributed by atoms with van der Waals surface area (Å²) in [4.78, 5) is 23.2. The van der Waals surface area contributed by atoms with Crippen LogP contribution in [0, 0.1) is 0 Å². The Hall–Kier alpha value is -1.28. The van der Waals surface area contributed by atoms with Gasteiger partial charge in [-0.1, -0.05) is 256 Å². The summed E-state index contributed by atoms with van der Waals surface area (Å²) in [6.07, 6.45) is 62.3. The maximum Gasteiger partial charge on any atom is 0.472 e. The Morgan fingerprint density at radius 3 is 1.32 bits per heavy atom. The molecule has 0 heterocycles. The van der Waals surface area contributed by atoms with Gasteiger partial charge in [-0.05, 0) is 44.9 Å². The first-order valence-electron chi connectivity index (χ1n) is 28.4. The summed E-state index contributed by atoms with van der Waals surface area (Å²) in [5.41, 5.74) is 0. The van der Waals surface area contributed by atoms with Crippen molar-refractivity contribution in [2.24, 2.45) is 0 Å². The van der Waals surface area contributed by atoms with Crippen molar-refractivity contribution in [2.45, 2.75) is 283 Å². The molecule has 9 heteroatoms. The lowest BCUT2D eigenvalue weighted by Gasteiger charge is -2.26. The third kappa shape index (κ3) is 50.6. The Balaban J connectivity index is 4.02. The molecule has 1 amide bonds. The van der Waals surface area contributed by atoms with Gasteiger partial charge in [0.1, 0.15) is 13.2 Å². The molecule has 0 saturated heterocycles. The van der Waals surface area contributed by atoms with E-state index in [9.17, 15) is 19.4 Å². The summed E-state index contributed by atoms with van der Waals surface area (Å²) in [6.45, 7) is 4.77. The smallest absolute Gasteiger partial charge is 0.391 e. The highest BCUT2D eigenvalue weighted by molar-refractivity contribution is 7.47. The molecule has 0 bridgehead atoms. The number of carbonyl (C=O) groups excluding carboxylic acids is 1. The molecule has 0 radical (unpaired) electrons. The second kappa shape index (κ2) is 48.7. The minimum atomic E-state index is -4.33. The maximum absolute atomic E-state index is 12.9. The van der Waals surface area contributed by atoms with Gasteiger partial charge in [0.25, 0.3) is 0 Å². The predicted molar refractivity (Wildman–Crippen MR) is 286 cm³/mol. The topological polar surface area (TPSA) is 105 Å². The molecule has 3 atom stereocenters. The highest BCUT2D eigenvalue weighted by Gasteiger charge is 2.28. The Bertz CT molecular complexity index is 1170. The van der Waals surface area contributed by atoms with Crippen LogP contribution in [0.1, 0.15) is 271 Å². The molecule has 0 aromatic heterocycles. The van der Waals surface area contributed by atoms with Gasteiger partial charge in [-0.15, -0.1) is 0 Å². The highest BCUT2D eigenvalue weighted by Crippen LogP contribution is 2.43. The lowest BCUT2D eigenvalue weighted by molar-refractivity contribution is -0.870. The van der Waals surface area contributed by atoms with Gasteiger partial charge in [0.05, 0.1) is 39.9 Å². The quantitative estimate of drug-likeness (QED) is 0.0243.